The van der Waals surface area contributed by atoms with Gasteiger partial charge in [-0.25, -0.2) is 0 Å². The molecule has 0 amide bonds. The highest BCUT2D eigenvalue weighted by molar-refractivity contribution is 5.60. The highest BCUT2D eigenvalue weighted by Gasteiger charge is 2.10. The van der Waals surface area contributed by atoms with E-state index in [1.807, 2.05) is 25.1 Å². The molecule has 0 fully saturated rings. The monoisotopic (exact) mass is 234 g/mol. The van der Waals surface area contributed by atoms with Gasteiger partial charge in [-0.15, -0.1) is 0 Å². The van der Waals surface area contributed by atoms with Crippen molar-refractivity contribution in [1.29, 1.82) is 0 Å². The first-order valence-electron chi connectivity index (χ1n) is 5.33. The standard InChI is InChI=1S/C12H14N2O3/c1-4-11-13-12(14-17-11)8-5-6-9(15-2)10(7-8)16-3/h5-7H,4H2,1-3H3. The van der Waals surface area contributed by atoms with Gasteiger partial charge >= 0.3 is 0 Å². The number of benzene rings is 1. The first-order valence-corrected chi connectivity index (χ1v) is 5.33. The number of nitrogens with zero attached hydrogens (tertiary/aromatic N) is 2. The second-order valence-electron chi connectivity index (χ2n) is 3.44. The summed E-state index contributed by atoms with van der Waals surface area (Å²) in [5.74, 6) is 2.50. The average molecular weight is 234 g/mol. The van der Waals surface area contributed by atoms with E-state index in [1.165, 1.54) is 0 Å². The van der Waals surface area contributed by atoms with Gasteiger partial charge in [-0.05, 0) is 18.2 Å². The molecule has 0 bridgehead atoms. The molecule has 0 saturated heterocycles. The maximum atomic E-state index is 5.22. The zero-order valence-corrected chi connectivity index (χ0v) is 10.1. The van der Waals surface area contributed by atoms with Crippen LogP contribution in [0.5, 0.6) is 11.5 Å². The van der Waals surface area contributed by atoms with Crippen molar-refractivity contribution in [1.82, 2.24) is 10.1 Å². The summed E-state index contributed by atoms with van der Waals surface area (Å²) in [4.78, 5) is 4.26. The van der Waals surface area contributed by atoms with Gasteiger partial charge in [0.1, 0.15) is 0 Å². The number of rotatable bonds is 4. The van der Waals surface area contributed by atoms with E-state index in [4.69, 9.17) is 14.0 Å². The van der Waals surface area contributed by atoms with Crippen LogP contribution in [0.25, 0.3) is 11.4 Å². The van der Waals surface area contributed by atoms with Gasteiger partial charge in [-0.2, -0.15) is 4.98 Å². The smallest absolute Gasteiger partial charge is 0.226 e. The molecule has 0 aliphatic rings. The second kappa shape index (κ2) is 4.86. The topological polar surface area (TPSA) is 57.4 Å². The minimum absolute atomic E-state index is 0.558. The fourth-order valence-electron chi connectivity index (χ4n) is 1.49. The fourth-order valence-corrected chi connectivity index (χ4v) is 1.49. The van der Waals surface area contributed by atoms with E-state index < -0.39 is 0 Å². The molecule has 2 rings (SSSR count). The first-order chi connectivity index (χ1) is 8.28. The summed E-state index contributed by atoms with van der Waals surface area (Å²) in [7, 11) is 3.19. The van der Waals surface area contributed by atoms with E-state index in [-0.39, 0.29) is 0 Å². The summed E-state index contributed by atoms with van der Waals surface area (Å²) in [6.45, 7) is 1.96. The summed E-state index contributed by atoms with van der Waals surface area (Å²) in [6.07, 6.45) is 0.723. The Balaban J connectivity index is 2.38. The van der Waals surface area contributed by atoms with Crippen molar-refractivity contribution in [3.8, 4) is 22.9 Å². The van der Waals surface area contributed by atoms with E-state index >= 15 is 0 Å². The predicted molar refractivity (Wildman–Crippen MR) is 62.2 cm³/mol. The van der Waals surface area contributed by atoms with E-state index in [2.05, 4.69) is 10.1 Å². The van der Waals surface area contributed by atoms with Gasteiger partial charge in [-0.1, -0.05) is 12.1 Å². The van der Waals surface area contributed by atoms with Crippen molar-refractivity contribution in [2.75, 3.05) is 14.2 Å². The van der Waals surface area contributed by atoms with Gasteiger partial charge in [0.25, 0.3) is 0 Å². The summed E-state index contributed by atoms with van der Waals surface area (Å²) in [6, 6.07) is 5.50. The zero-order chi connectivity index (χ0) is 12.3. The molecule has 0 aliphatic heterocycles. The average Bonchev–Trinajstić information content (AvgIpc) is 2.86. The van der Waals surface area contributed by atoms with Crippen molar-refractivity contribution < 1.29 is 14.0 Å². The van der Waals surface area contributed by atoms with Crippen LogP contribution in [0.3, 0.4) is 0 Å². The minimum Gasteiger partial charge on any atom is -0.493 e. The van der Waals surface area contributed by atoms with Gasteiger partial charge < -0.3 is 14.0 Å². The van der Waals surface area contributed by atoms with Crippen molar-refractivity contribution in [2.24, 2.45) is 0 Å². The molecule has 1 aromatic heterocycles. The molecule has 17 heavy (non-hydrogen) atoms. The zero-order valence-electron chi connectivity index (χ0n) is 10.1. The Kier molecular flexibility index (Phi) is 3.27. The Bertz CT molecular complexity index is 508. The summed E-state index contributed by atoms with van der Waals surface area (Å²) in [5.41, 5.74) is 0.839. The number of hydrogen-bond donors (Lipinski definition) is 0. The summed E-state index contributed by atoms with van der Waals surface area (Å²) < 4.78 is 15.4. The molecule has 5 nitrogen and oxygen atoms in total. The van der Waals surface area contributed by atoms with E-state index in [0.29, 0.717) is 23.2 Å². The lowest BCUT2D eigenvalue weighted by molar-refractivity contribution is 0.355. The number of hydrogen-bond acceptors (Lipinski definition) is 5. The Morgan fingerprint density at radius 2 is 1.94 bits per heavy atom. The Labute approximate surface area is 99.4 Å². The quantitative estimate of drug-likeness (QED) is 0.812. The SMILES string of the molecule is CCc1nc(-c2ccc(OC)c(OC)c2)no1. The fraction of sp³-hybridized carbons (Fsp3) is 0.333. The van der Waals surface area contributed by atoms with E-state index in [0.717, 1.165) is 12.0 Å². The molecule has 0 saturated carbocycles. The number of aryl methyl sites for hydroxylation is 1. The molecule has 0 radical (unpaired) electrons. The van der Waals surface area contributed by atoms with Crippen molar-refractivity contribution in [2.45, 2.75) is 13.3 Å². The number of aromatic nitrogens is 2. The molecule has 1 heterocycles. The van der Waals surface area contributed by atoms with Crippen LogP contribution in [-0.4, -0.2) is 24.4 Å². The first kappa shape index (κ1) is 11.4. The molecule has 0 spiro atoms. The van der Waals surface area contributed by atoms with Gasteiger partial charge in [0.05, 0.1) is 14.2 Å². The maximum absolute atomic E-state index is 5.22. The number of ether oxygens (including phenoxy) is 2. The van der Waals surface area contributed by atoms with Crippen LogP contribution in [0.2, 0.25) is 0 Å². The van der Waals surface area contributed by atoms with Crippen molar-refractivity contribution in [3.63, 3.8) is 0 Å². The molecule has 0 N–H and O–H groups in total. The third-order valence-electron chi connectivity index (χ3n) is 2.41. The molecule has 0 unspecified atom stereocenters. The normalized spacial score (nSPS) is 10.3. The van der Waals surface area contributed by atoms with Crippen molar-refractivity contribution in [3.05, 3.63) is 24.1 Å². The third-order valence-corrected chi connectivity index (χ3v) is 2.41. The molecule has 2 aromatic rings. The van der Waals surface area contributed by atoms with Crippen LogP contribution in [0, 0.1) is 0 Å². The molecular weight excluding hydrogens is 220 g/mol. The van der Waals surface area contributed by atoms with Gasteiger partial charge in [0.2, 0.25) is 11.7 Å². The third kappa shape index (κ3) is 2.22. The largest absolute Gasteiger partial charge is 0.493 e. The highest BCUT2D eigenvalue weighted by Crippen LogP contribution is 2.31. The lowest BCUT2D eigenvalue weighted by Gasteiger charge is -2.07. The molecule has 5 heteroatoms. The Morgan fingerprint density at radius 3 is 2.53 bits per heavy atom. The lowest BCUT2D eigenvalue weighted by Crippen LogP contribution is -1.91. The van der Waals surface area contributed by atoms with Crippen LogP contribution < -0.4 is 9.47 Å². The molecule has 0 atom stereocenters. The highest BCUT2D eigenvalue weighted by atomic mass is 16.5. The minimum atomic E-state index is 0.558. The Morgan fingerprint density at radius 1 is 1.18 bits per heavy atom. The summed E-state index contributed by atoms with van der Waals surface area (Å²) >= 11 is 0. The second-order valence-corrected chi connectivity index (χ2v) is 3.44. The Hall–Kier alpha value is -2.04. The summed E-state index contributed by atoms with van der Waals surface area (Å²) in [5, 5.41) is 3.91. The van der Waals surface area contributed by atoms with Crippen LogP contribution >= 0.6 is 0 Å². The molecule has 90 valence electrons. The van der Waals surface area contributed by atoms with Gasteiger partial charge in [0.15, 0.2) is 11.5 Å². The van der Waals surface area contributed by atoms with E-state index in [9.17, 15) is 0 Å². The number of methoxy groups -OCH3 is 2. The van der Waals surface area contributed by atoms with Crippen LogP contribution in [0.4, 0.5) is 0 Å². The van der Waals surface area contributed by atoms with Gasteiger partial charge in [-0.3, -0.25) is 0 Å². The molecule has 0 aliphatic carbocycles. The molecule has 1 aromatic carbocycles. The van der Waals surface area contributed by atoms with Crippen LogP contribution in [0.1, 0.15) is 12.8 Å². The predicted octanol–water partition coefficient (Wildman–Crippen LogP) is 2.32. The van der Waals surface area contributed by atoms with Crippen LogP contribution in [0.15, 0.2) is 22.7 Å². The van der Waals surface area contributed by atoms with E-state index in [1.54, 1.807) is 14.2 Å². The van der Waals surface area contributed by atoms with Crippen molar-refractivity contribution >= 4 is 0 Å². The maximum Gasteiger partial charge on any atom is 0.226 e. The van der Waals surface area contributed by atoms with Crippen LogP contribution in [-0.2, 0) is 6.42 Å². The molecular formula is C12H14N2O3. The van der Waals surface area contributed by atoms with Gasteiger partial charge in [0, 0.05) is 12.0 Å². The lowest BCUT2D eigenvalue weighted by atomic mass is 10.2.